The molecule has 5 nitrogen and oxygen atoms in total. The van der Waals surface area contributed by atoms with E-state index in [9.17, 15) is 13.6 Å². The summed E-state index contributed by atoms with van der Waals surface area (Å²) in [6.07, 6.45) is 0.625. The summed E-state index contributed by atoms with van der Waals surface area (Å²) in [5.74, 6) is -0.429. The number of halogens is 4. The van der Waals surface area contributed by atoms with Gasteiger partial charge in [0.05, 0.1) is 15.7 Å². The van der Waals surface area contributed by atoms with Gasteiger partial charge in [-0.1, -0.05) is 23.2 Å². The predicted octanol–water partition coefficient (Wildman–Crippen LogP) is 5.09. The maximum absolute atomic E-state index is 13.4. The van der Waals surface area contributed by atoms with Gasteiger partial charge in [-0.25, -0.2) is 0 Å². The Balaban J connectivity index is 1.86. The van der Waals surface area contributed by atoms with Crippen LogP contribution < -0.4 is 10.1 Å². The Hall–Kier alpha value is -1.96. The van der Waals surface area contributed by atoms with Crippen LogP contribution in [0.4, 0.5) is 14.5 Å². The van der Waals surface area contributed by atoms with E-state index >= 15 is 0 Å². The Bertz CT molecular complexity index is 825. The zero-order valence-corrected chi connectivity index (χ0v) is 15.1. The molecule has 1 heterocycles. The zero-order valence-electron chi connectivity index (χ0n) is 13.6. The molecule has 1 aliphatic rings. The zero-order chi connectivity index (χ0) is 18.9. The molecule has 2 aromatic rings. The maximum Gasteiger partial charge on any atom is 0.535 e. The summed E-state index contributed by atoms with van der Waals surface area (Å²) in [4.78, 5) is 16.3. The number of pyridine rings is 1. The molecule has 9 heteroatoms. The Kier molecular flexibility index (Phi) is 5.32. The van der Waals surface area contributed by atoms with Gasteiger partial charge in [-0.3, -0.25) is 14.5 Å². The molecular formula is C17H14Cl2F2N2O3. The van der Waals surface area contributed by atoms with Gasteiger partial charge in [0.1, 0.15) is 5.75 Å². The number of hydrogen-bond donors (Lipinski definition) is 1. The Morgan fingerprint density at radius 3 is 2.50 bits per heavy atom. The number of hydrogen-bond acceptors (Lipinski definition) is 4. The van der Waals surface area contributed by atoms with Crippen LogP contribution in [0.3, 0.4) is 0 Å². The van der Waals surface area contributed by atoms with Crippen LogP contribution in [-0.2, 0) is 4.74 Å². The molecule has 1 N–H and O–H groups in total. The third-order valence-electron chi connectivity index (χ3n) is 3.85. The minimum Gasteiger partial charge on any atom is -0.409 e. The van der Waals surface area contributed by atoms with Crippen molar-refractivity contribution in [1.29, 1.82) is 0 Å². The highest BCUT2D eigenvalue weighted by Crippen LogP contribution is 2.45. The minimum absolute atomic E-state index is 0.0177. The fourth-order valence-corrected chi connectivity index (χ4v) is 2.84. The number of alkyl halides is 2. The average molecular weight is 403 g/mol. The van der Waals surface area contributed by atoms with E-state index in [-0.39, 0.29) is 33.0 Å². The van der Waals surface area contributed by atoms with Crippen molar-refractivity contribution in [3.63, 3.8) is 0 Å². The second-order valence-electron chi connectivity index (χ2n) is 5.73. The molecule has 0 bridgehead atoms. The van der Waals surface area contributed by atoms with Gasteiger partial charge in [0, 0.05) is 25.1 Å². The van der Waals surface area contributed by atoms with E-state index in [0.29, 0.717) is 5.56 Å². The summed E-state index contributed by atoms with van der Waals surface area (Å²) in [7, 11) is 0.848. The van der Waals surface area contributed by atoms with Gasteiger partial charge < -0.3 is 10.1 Å². The molecule has 0 aliphatic heterocycles. The number of ether oxygens (including phenoxy) is 2. The van der Waals surface area contributed by atoms with E-state index in [1.807, 2.05) is 0 Å². The number of nitrogens with one attached hydrogen (secondary N) is 1. The number of benzene rings is 1. The van der Waals surface area contributed by atoms with Crippen LogP contribution in [0.15, 0.2) is 30.6 Å². The van der Waals surface area contributed by atoms with Gasteiger partial charge in [0.2, 0.25) is 0 Å². The number of anilines is 1. The van der Waals surface area contributed by atoms with Crippen molar-refractivity contribution >= 4 is 34.8 Å². The third-order valence-corrected chi connectivity index (χ3v) is 4.42. The molecule has 0 saturated heterocycles. The summed E-state index contributed by atoms with van der Waals surface area (Å²) < 4.78 is 35.4. The highest BCUT2D eigenvalue weighted by molar-refractivity contribution is 6.39. The van der Waals surface area contributed by atoms with Crippen molar-refractivity contribution in [3.05, 3.63) is 51.8 Å². The largest absolute Gasteiger partial charge is 0.535 e. The second kappa shape index (κ2) is 7.34. The molecule has 1 fully saturated rings. The number of amides is 1. The summed E-state index contributed by atoms with van der Waals surface area (Å²) in [6.45, 7) is 0. The van der Waals surface area contributed by atoms with Crippen molar-refractivity contribution in [3.8, 4) is 5.75 Å². The Morgan fingerprint density at radius 1 is 1.27 bits per heavy atom. The predicted molar refractivity (Wildman–Crippen MR) is 93.2 cm³/mol. The first-order chi connectivity index (χ1) is 12.3. The molecule has 1 amide bonds. The SMILES string of the molecule is COC(F)(F)Oc1ccc(C(=O)Nc2c(Cl)cncc2Cl)cc1C1CC1. The van der Waals surface area contributed by atoms with Gasteiger partial charge in [0.15, 0.2) is 0 Å². The molecule has 1 aromatic carbocycles. The first-order valence-electron chi connectivity index (χ1n) is 7.67. The van der Waals surface area contributed by atoms with Crippen molar-refractivity contribution < 1.29 is 23.0 Å². The van der Waals surface area contributed by atoms with E-state index < -0.39 is 12.2 Å². The molecule has 138 valence electrons. The lowest BCUT2D eigenvalue weighted by molar-refractivity contribution is -0.342. The lowest BCUT2D eigenvalue weighted by atomic mass is 10.0. The molecule has 0 spiro atoms. The Morgan fingerprint density at radius 2 is 1.92 bits per heavy atom. The van der Waals surface area contributed by atoms with Gasteiger partial charge >= 0.3 is 6.29 Å². The second-order valence-corrected chi connectivity index (χ2v) is 6.54. The molecule has 3 rings (SSSR count). The van der Waals surface area contributed by atoms with E-state index in [4.69, 9.17) is 23.2 Å². The van der Waals surface area contributed by atoms with E-state index in [0.717, 1.165) is 20.0 Å². The molecule has 1 saturated carbocycles. The quantitative estimate of drug-likeness (QED) is 0.683. The van der Waals surface area contributed by atoms with Crippen molar-refractivity contribution in [2.24, 2.45) is 0 Å². The molecule has 0 unspecified atom stereocenters. The van der Waals surface area contributed by atoms with Gasteiger partial charge in [-0.2, -0.15) is 0 Å². The summed E-state index contributed by atoms with van der Waals surface area (Å²) >= 11 is 12.0. The topological polar surface area (TPSA) is 60.5 Å². The molecule has 0 radical (unpaired) electrons. The van der Waals surface area contributed by atoms with Gasteiger partial charge in [0.25, 0.3) is 5.91 Å². The van der Waals surface area contributed by atoms with Crippen molar-refractivity contribution in [2.75, 3.05) is 12.4 Å². The van der Waals surface area contributed by atoms with Crippen LogP contribution >= 0.6 is 23.2 Å². The molecule has 1 aliphatic carbocycles. The van der Waals surface area contributed by atoms with Crippen LogP contribution in [0.5, 0.6) is 5.75 Å². The highest BCUT2D eigenvalue weighted by atomic mass is 35.5. The first-order valence-corrected chi connectivity index (χ1v) is 8.42. The summed E-state index contributed by atoms with van der Waals surface area (Å²) in [5.41, 5.74) is 1.03. The van der Waals surface area contributed by atoms with E-state index in [1.54, 1.807) is 0 Å². The average Bonchev–Trinajstić information content (AvgIpc) is 3.43. The number of carbonyl (C=O) groups excluding carboxylic acids is 1. The standard InChI is InChI=1S/C17H14Cl2F2N2O3/c1-25-17(20,21)26-14-5-4-10(6-11(14)9-2-3-9)16(24)23-15-12(18)7-22-8-13(15)19/h4-9H,2-3H2,1H3,(H,22,23,24). The molecule has 1 aromatic heterocycles. The highest BCUT2D eigenvalue weighted by Gasteiger charge is 2.35. The normalized spacial score (nSPS) is 14.2. The monoisotopic (exact) mass is 402 g/mol. The third kappa shape index (κ3) is 4.23. The minimum atomic E-state index is -3.74. The summed E-state index contributed by atoms with van der Waals surface area (Å²) in [5, 5.41) is 2.98. The van der Waals surface area contributed by atoms with E-state index in [1.165, 1.54) is 30.6 Å². The number of nitrogens with zero attached hydrogens (tertiary/aromatic N) is 1. The van der Waals surface area contributed by atoms with E-state index in [2.05, 4.69) is 19.8 Å². The van der Waals surface area contributed by atoms with Crippen LogP contribution in [0, 0.1) is 0 Å². The number of carbonyl (C=O) groups is 1. The van der Waals surface area contributed by atoms with Crippen molar-refractivity contribution in [1.82, 2.24) is 4.98 Å². The molecular weight excluding hydrogens is 389 g/mol. The lowest BCUT2D eigenvalue weighted by Gasteiger charge is -2.18. The lowest BCUT2D eigenvalue weighted by Crippen LogP contribution is -2.27. The van der Waals surface area contributed by atoms with Crippen LogP contribution in [0.25, 0.3) is 0 Å². The molecule has 26 heavy (non-hydrogen) atoms. The fourth-order valence-electron chi connectivity index (χ4n) is 2.38. The smallest absolute Gasteiger partial charge is 0.409 e. The number of rotatable bonds is 6. The maximum atomic E-state index is 13.4. The van der Waals surface area contributed by atoms with Gasteiger partial charge in [-0.05, 0) is 42.5 Å². The first kappa shape index (κ1) is 18.8. The van der Waals surface area contributed by atoms with Crippen molar-refractivity contribution in [2.45, 2.75) is 25.1 Å². The van der Waals surface area contributed by atoms with Gasteiger partial charge in [-0.15, -0.1) is 8.78 Å². The van der Waals surface area contributed by atoms with Crippen LogP contribution in [-0.4, -0.2) is 24.3 Å². The van der Waals surface area contributed by atoms with Crippen LogP contribution in [0.1, 0.15) is 34.7 Å². The van der Waals surface area contributed by atoms with Crippen LogP contribution in [0.2, 0.25) is 10.0 Å². The number of methoxy groups -OCH3 is 1. The summed E-state index contributed by atoms with van der Waals surface area (Å²) in [6, 6.07) is 4.23. The fraction of sp³-hybridized carbons (Fsp3) is 0.294. The number of aromatic nitrogens is 1. The molecule has 0 atom stereocenters. The Labute approximate surface area is 158 Å².